The number of hydrogen-bond donors (Lipinski definition) is 2. The van der Waals surface area contributed by atoms with E-state index in [-0.39, 0.29) is 6.10 Å². The molecule has 0 aliphatic carbocycles. The molecule has 4 nitrogen and oxygen atoms in total. The molecule has 0 aliphatic rings. The SMILES string of the molecule is CCCCCCC(O)C/C=C\CCCCCCCC(=O)O.CCCCCCCCN(CCCCCCCC)CCCCCCCC. The number of rotatable bonds is 36. The average molecular weight is 652 g/mol. The molecule has 1 atom stereocenters. The van der Waals surface area contributed by atoms with Crippen LogP contribution in [0.4, 0.5) is 0 Å². The molecule has 0 spiro atoms. The maximum absolute atomic E-state index is 10.3. The smallest absolute Gasteiger partial charge is 0.303 e. The summed E-state index contributed by atoms with van der Waals surface area (Å²) in [6, 6.07) is 0. The average Bonchev–Trinajstić information content (AvgIpc) is 3.04. The number of allylic oxidation sites excluding steroid dienone is 1. The minimum atomic E-state index is -0.689. The van der Waals surface area contributed by atoms with Gasteiger partial charge in [-0.1, -0.05) is 181 Å². The lowest BCUT2D eigenvalue weighted by Crippen LogP contribution is -2.27. The Kier molecular flexibility index (Phi) is 43.3. The van der Waals surface area contributed by atoms with Crippen LogP contribution in [0.5, 0.6) is 0 Å². The van der Waals surface area contributed by atoms with Crippen LogP contribution < -0.4 is 0 Å². The summed E-state index contributed by atoms with van der Waals surface area (Å²) >= 11 is 0. The van der Waals surface area contributed by atoms with Crippen LogP contribution in [0.1, 0.15) is 227 Å². The van der Waals surface area contributed by atoms with E-state index in [2.05, 4.69) is 44.7 Å². The molecule has 4 heteroatoms. The fourth-order valence-corrected chi connectivity index (χ4v) is 6.05. The van der Waals surface area contributed by atoms with Gasteiger partial charge in [-0.25, -0.2) is 0 Å². The highest BCUT2D eigenvalue weighted by Gasteiger charge is 2.05. The van der Waals surface area contributed by atoms with E-state index < -0.39 is 5.97 Å². The van der Waals surface area contributed by atoms with Gasteiger partial charge < -0.3 is 15.1 Å². The van der Waals surface area contributed by atoms with E-state index in [0.717, 1.165) is 51.4 Å². The van der Waals surface area contributed by atoms with Gasteiger partial charge in [-0.15, -0.1) is 0 Å². The molecule has 276 valence electrons. The molecule has 46 heavy (non-hydrogen) atoms. The maximum Gasteiger partial charge on any atom is 0.303 e. The van der Waals surface area contributed by atoms with E-state index in [1.807, 2.05) is 0 Å². The van der Waals surface area contributed by atoms with Crippen LogP contribution in [0.15, 0.2) is 12.2 Å². The first-order valence-electron chi connectivity index (χ1n) is 20.8. The number of nitrogens with zero attached hydrogens (tertiary/aromatic N) is 1. The highest BCUT2D eigenvalue weighted by Crippen LogP contribution is 2.12. The molecule has 0 rings (SSSR count). The zero-order chi connectivity index (χ0) is 34.2. The molecule has 0 saturated heterocycles. The quantitative estimate of drug-likeness (QED) is 0.0523. The van der Waals surface area contributed by atoms with Crippen molar-refractivity contribution in [2.24, 2.45) is 0 Å². The van der Waals surface area contributed by atoms with E-state index in [1.54, 1.807) is 0 Å². The van der Waals surface area contributed by atoms with E-state index in [0.29, 0.717) is 6.42 Å². The summed E-state index contributed by atoms with van der Waals surface area (Å²) in [4.78, 5) is 13.1. The van der Waals surface area contributed by atoms with Gasteiger partial charge in [0.15, 0.2) is 0 Å². The Bertz CT molecular complexity index is 555. The van der Waals surface area contributed by atoms with Gasteiger partial charge in [0.1, 0.15) is 0 Å². The molecule has 0 radical (unpaired) electrons. The number of aliphatic carboxylic acids is 1. The molecule has 0 aromatic carbocycles. The summed E-state index contributed by atoms with van der Waals surface area (Å²) in [6.07, 6.45) is 43.1. The van der Waals surface area contributed by atoms with Crippen molar-refractivity contribution in [1.29, 1.82) is 0 Å². The van der Waals surface area contributed by atoms with Gasteiger partial charge in [-0.3, -0.25) is 4.79 Å². The predicted octanol–water partition coefficient (Wildman–Crippen LogP) is 13.4. The van der Waals surface area contributed by atoms with Crippen LogP contribution >= 0.6 is 0 Å². The fourth-order valence-electron chi connectivity index (χ4n) is 6.05. The largest absolute Gasteiger partial charge is 0.481 e. The molecule has 1 unspecified atom stereocenters. The summed E-state index contributed by atoms with van der Waals surface area (Å²) in [6.45, 7) is 13.2. The molecular weight excluding hydrogens is 566 g/mol. The third kappa shape index (κ3) is 43.1. The monoisotopic (exact) mass is 652 g/mol. The van der Waals surface area contributed by atoms with Crippen LogP contribution in [0.25, 0.3) is 0 Å². The van der Waals surface area contributed by atoms with Crippen LogP contribution in [-0.4, -0.2) is 46.8 Å². The fraction of sp³-hybridized carbons (Fsp3) is 0.929. The minimum absolute atomic E-state index is 0.172. The van der Waals surface area contributed by atoms with Crippen molar-refractivity contribution in [2.75, 3.05) is 19.6 Å². The van der Waals surface area contributed by atoms with Gasteiger partial charge in [-0.05, 0) is 71.0 Å². The molecule has 0 aromatic heterocycles. The second-order valence-corrected chi connectivity index (χ2v) is 14.1. The number of aliphatic hydroxyl groups excluding tert-OH is 1. The van der Waals surface area contributed by atoms with E-state index in [1.165, 1.54) is 161 Å². The van der Waals surface area contributed by atoms with Gasteiger partial charge in [-0.2, -0.15) is 0 Å². The third-order valence-electron chi connectivity index (χ3n) is 9.21. The lowest BCUT2D eigenvalue weighted by atomic mass is 10.1. The van der Waals surface area contributed by atoms with Gasteiger partial charge in [0, 0.05) is 6.42 Å². The molecule has 0 amide bonds. The molecule has 0 heterocycles. The standard InChI is InChI=1S/C24H51N.C18H34O3/c1-4-7-10-13-16-19-22-25(23-20-17-14-11-8-5-2)24-21-18-15-12-9-6-3;1-2-3-4-11-14-17(19)15-12-9-7-5-6-8-10-13-16-18(20)21/h4-24H2,1-3H3;9,12,17,19H,2-8,10-11,13-16H2,1H3,(H,20,21)/b;12-9-. The molecule has 0 saturated carbocycles. The van der Waals surface area contributed by atoms with Crippen molar-refractivity contribution < 1.29 is 15.0 Å². The summed E-state index contributed by atoms with van der Waals surface area (Å²) in [5.74, 6) is -0.689. The second-order valence-electron chi connectivity index (χ2n) is 14.1. The highest BCUT2D eigenvalue weighted by atomic mass is 16.4. The van der Waals surface area contributed by atoms with E-state index >= 15 is 0 Å². The van der Waals surface area contributed by atoms with Crippen molar-refractivity contribution in [1.82, 2.24) is 4.90 Å². The zero-order valence-corrected chi connectivity index (χ0v) is 32.0. The van der Waals surface area contributed by atoms with Crippen LogP contribution in [0.2, 0.25) is 0 Å². The Morgan fingerprint density at radius 2 is 0.870 bits per heavy atom. The van der Waals surface area contributed by atoms with Crippen LogP contribution in [-0.2, 0) is 4.79 Å². The molecule has 0 aromatic rings. The summed E-state index contributed by atoms with van der Waals surface area (Å²) in [7, 11) is 0. The predicted molar refractivity (Wildman–Crippen MR) is 205 cm³/mol. The first kappa shape index (κ1) is 47.2. The summed E-state index contributed by atoms with van der Waals surface area (Å²) < 4.78 is 0. The van der Waals surface area contributed by atoms with Crippen LogP contribution in [0, 0.1) is 0 Å². The minimum Gasteiger partial charge on any atom is -0.481 e. The Morgan fingerprint density at radius 1 is 0.500 bits per heavy atom. The Balaban J connectivity index is 0. The van der Waals surface area contributed by atoms with Crippen LogP contribution in [0.3, 0.4) is 0 Å². The summed E-state index contributed by atoms with van der Waals surface area (Å²) in [5, 5.41) is 18.3. The van der Waals surface area contributed by atoms with Crippen molar-refractivity contribution >= 4 is 5.97 Å². The van der Waals surface area contributed by atoms with Gasteiger partial charge >= 0.3 is 5.97 Å². The molecular formula is C42H85NO3. The Labute approximate surface area is 290 Å². The van der Waals surface area contributed by atoms with Gasteiger partial charge in [0.2, 0.25) is 0 Å². The number of unbranched alkanes of at least 4 members (excludes halogenated alkanes) is 23. The molecule has 2 N–H and O–H groups in total. The van der Waals surface area contributed by atoms with Crippen molar-refractivity contribution in [3.8, 4) is 0 Å². The van der Waals surface area contributed by atoms with Crippen molar-refractivity contribution in [3.05, 3.63) is 12.2 Å². The molecule has 0 aliphatic heterocycles. The zero-order valence-electron chi connectivity index (χ0n) is 32.0. The number of aliphatic hydroxyl groups is 1. The number of carboxylic acid groups (broad SMARTS) is 1. The maximum atomic E-state index is 10.3. The molecule has 0 bridgehead atoms. The number of carboxylic acids is 1. The van der Waals surface area contributed by atoms with Gasteiger partial charge in [0.25, 0.3) is 0 Å². The Hall–Kier alpha value is -0.870. The number of carbonyl (C=O) groups is 1. The normalized spacial score (nSPS) is 12.1. The lowest BCUT2D eigenvalue weighted by Gasteiger charge is -2.22. The van der Waals surface area contributed by atoms with E-state index in [4.69, 9.17) is 5.11 Å². The van der Waals surface area contributed by atoms with Crippen molar-refractivity contribution in [3.63, 3.8) is 0 Å². The first-order valence-corrected chi connectivity index (χ1v) is 20.8. The Morgan fingerprint density at radius 3 is 1.30 bits per heavy atom. The lowest BCUT2D eigenvalue weighted by molar-refractivity contribution is -0.137. The van der Waals surface area contributed by atoms with Crippen molar-refractivity contribution in [2.45, 2.75) is 233 Å². The first-order chi connectivity index (χ1) is 22.5. The molecule has 0 fully saturated rings. The second kappa shape index (κ2) is 42.2. The third-order valence-corrected chi connectivity index (χ3v) is 9.21. The highest BCUT2D eigenvalue weighted by molar-refractivity contribution is 5.66. The summed E-state index contributed by atoms with van der Waals surface area (Å²) in [5.41, 5.74) is 0. The van der Waals surface area contributed by atoms with E-state index in [9.17, 15) is 9.90 Å². The number of hydrogen-bond acceptors (Lipinski definition) is 3. The topological polar surface area (TPSA) is 60.8 Å². The van der Waals surface area contributed by atoms with Gasteiger partial charge in [0.05, 0.1) is 6.10 Å².